The molecule has 1 aliphatic rings. The van der Waals surface area contributed by atoms with E-state index in [0.29, 0.717) is 23.0 Å². The lowest BCUT2D eigenvalue weighted by Crippen LogP contribution is -2.43. The fourth-order valence-corrected chi connectivity index (χ4v) is 3.85. The lowest BCUT2D eigenvalue weighted by Gasteiger charge is -2.28. The number of pyridine rings is 3. The summed E-state index contributed by atoms with van der Waals surface area (Å²) in [5, 5.41) is 18.5. The number of carboxylic acid groups (broad SMARTS) is 1. The van der Waals surface area contributed by atoms with Gasteiger partial charge in [-0.25, -0.2) is 19.7 Å². The second-order valence-electron chi connectivity index (χ2n) is 8.17. The summed E-state index contributed by atoms with van der Waals surface area (Å²) in [6.45, 7) is 3.39. The van der Waals surface area contributed by atoms with Gasteiger partial charge in [0, 0.05) is 62.7 Å². The molecule has 4 aromatic rings. The molecule has 0 atom stereocenters. The average Bonchev–Trinajstić information content (AvgIpc) is 2.95. The maximum Gasteiger partial charge on any atom is 0.337 e. The number of nitrogens with zero attached hydrogens (tertiary/aromatic N) is 6. The fourth-order valence-electron chi connectivity index (χ4n) is 3.85. The Hall–Kier alpha value is -4.97. The molecule has 0 saturated carbocycles. The van der Waals surface area contributed by atoms with Gasteiger partial charge in [-0.1, -0.05) is 0 Å². The quantitative estimate of drug-likeness (QED) is 0.297. The highest BCUT2D eigenvalue weighted by atomic mass is 16.4. The van der Waals surface area contributed by atoms with Crippen molar-refractivity contribution in [2.24, 2.45) is 0 Å². The molecule has 37 heavy (non-hydrogen) atoms. The van der Waals surface area contributed by atoms with E-state index in [9.17, 15) is 14.7 Å². The molecule has 5 heterocycles. The van der Waals surface area contributed by atoms with Crippen LogP contribution in [-0.4, -0.2) is 68.1 Å². The number of piperazine rings is 1. The van der Waals surface area contributed by atoms with E-state index in [1.807, 2.05) is 12.1 Å². The van der Waals surface area contributed by atoms with Gasteiger partial charge in [0.15, 0.2) is 0 Å². The summed E-state index contributed by atoms with van der Waals surface area (Å²) in [6, 6.07) is 8.46. The van der Waals surface area contributed by atoms with Crippen molar-refractivity contribution in [3.8, 4) is 11.3 Å². The smallest absolute Gasteiger partial charge is 0.337 e. The van der Waals surface area contributed by atoms with Crippen LogP contribution in [0.5, 0.6) is 0 Å². The van der Waals surface area contributed by atoms with Crippen molar-refractivity contribution in [3.05, 3.63) is 78.6 Å². The standard InChI is InChI=1S/C25H23N9O3/c35-24(17-11-18(25(36)37)14-28-13-17)31-19-1-2-20(32-21-15-27-5-6-29-21)33-23(19)16-3-4-30-22(12-16)34-9-7-26-8-10-34/h1-6,11-15,26H,7-10H2,(H,31,35)(H,36,37)(H,29,32,33). The Bertz CT molecular complexity index is 1430. The van der Waals surface area contributed by atoms with E-state index in [4.69, 9.17) is 4.98 Å². The lowest BCUT2D eigenvalue weighted by atomic mass is 10.1. The van der Waals surface area contributed by atoms with Crippen molar-refractivity contribution < 1.29 is 14.7 Å². The molecular weight excluding hydrogens is 474 g/mol. The van der Waals surface area contributed by atoms with Crippen LogP contribution in [0, 0.1) is 0 Å². The molecule has 0 unspecified atom stereocenters. The Morgan fingerprint density at radius 2 is 1.73 bits per heavy atom. The van der Waals surface area contributed by atoms with E-state index < -0.39 is 11.9 Å². The molecule has 1 aliphatic heterocycles. The van der Waals surface area contributed by atoms with E-state index >= 15 is 0 Å². The first-order valence-corrected chi connectivity index (χ1v) is 11.5. The number of carbonyl (C=O) groups is 2. The zero-order chi connectivity index (χ0) is 25.6. The van der Waals surface area contributed by atoms with Crippen molar-refractivity contribution >= 4 is 35.0 Å². The third kappa shape index (κ3) is 5.65. The van der Waals surface area contributed by atoms with Crippen molar-refractivity contribution in [2.45, 2.75) is 0 Å². The van der Waals surface area contributed by atoms with Crippen LogP contribution in [0.1, 0.15) is 20.7 Å². The normalized spacial score (nSPS) is 13.1. The average molecular weight is 498 g/mol. The number of aromatic carboxylic acids is 1. The molecule has 0 bridgehead atoms. The Morgan fingerprint density at radius 1 is 0.892 bits per heavy atom. The summed E-state index contributed by atoms with van der Waals surface area (Å²) in [5.74, 6) is 0.156. The van der Waals surface area contributed by atoms with Crippen LogP contribution in [0.3, 0.4) is 0 Å². The number of carbonyl (C=O) groups excluding carboxylic acids is 1. The monoisotopic (exact) mass is 497 g/mol. The molecule has 1 fully saturated rings. The number of hydrogen-bond acceptors (Lipinski definition) is 10. The van der Waals surface area contributed by atoms with Gasteiger partial charge in [-0.15, -0.1) is 0 Å². The molecule has 12 nitrogen and oxygen atoms in total. The van der Waals surface area contributed by atoms with Crippen LogP contribution in [0.2, 0.25) is 0 Å². The summed E-state index contributed by atoms with van der Waals surface area (Å²) in [7, 11) is 0. The SMILES string of the molecule is O=C(O)c1cncc(C(=O)Nc2ccc(Nc3cnccn3)nc2-c2ccnc(N3CCNCC3)c2)c1. The Morgan fingerprint density at radius 3 is 2.51 bits per heavy atom. The highest BCUT2D eigenvalue weighted by molar-refractivity contribution is 6.07. The summed E-state index contributed by atoms with van der Waals surface area (Å²) in [5.41, 5.74) is 1.73. The summed E-state index contributed by atoms with van der Waals surface area (Å²) in [6.07, 6.45) is 8.93. The maximum atomic E-state index is 13.0. The van der Waals surface area contributed by atoms with Gasteiger partial charge in [0.05, 0.1) is 28.7 Å². The number of anilines is 4. The molecule has 186 valence electrons. The molecule has 4 aromatic heterocycles. The molecule has 0 aliphatic carbocycles. The Labute approximate surface area is 211 Å². The van der Waals surface area contributed by atoms with Gasteiger partial charge < -0.3 is 26.0 Å². The van der Waals surface area contributed by atoms with E-state index in [0.717, 1.165) is 37.6 Å². The Balaban J connectivity index is 1.50. The van der Waals surface area contributed by atoms with Crippen LogP contribution in [0.4, 0.5) is 23.1 Å². The molecule has 5 rings (SSSR count). The number of rotatable bonds is 7. The first-order valence-electron chi connectivity index (χ1n) is 11.5. The van der Waals surface area contributed by atoms with E-state index in [1.165, 1.54) is 18.5 Å². The van der Waals surface area contributed by atoms with Crippen molar-refractivity contribution in [1.82, 2.24) is 30.2 Å². The fraction of sp³-hybridized carbons (Fsp3) is 0.160. The number of aromatic nitrogens is 5. The van der Waals surface area contributed by atoms with Gasteiger partial charge in [-0.3, -0.25) is 14.8 Å². The van der Waals surface area contributed by atoms with Crippen molar-refractivity contribution in [3.63, 3.8) is 0 Å². The van der Waals surface area contributed by atoms with Crippen molar-refractivity contribution in [2.75, 3.05) is 41.7 Å². The molecule has 0 radical (unpaired) electrons. The second-order valence-corrected chi connectivity index (χ2v) is 8.17. The molecule has 4 N–H and O–H groups in total. The van der Waals surface area contributed by atoms with Gasteiger partial charge in [0.1, 0.15) is 17.5 Å². The van der Waals surface area contributed by atoms with Crippen LogP contribution in [0.15, 0.2) is 67.5 Å². The molecule has 1 amide bonds. The number of carboxylic acids is 1. The second kappa shape index (κ2) is 10.7. The van der Waals surface area contributed by atoms with Gasteiger partial charge in [0.25, 0.3) is 5.91 Å². The largest absolute Gasteiger partial charge is 0.478 e. The Kier molecular flexibility index (Phi) is 6.90. The van der Waals surface area contributed by atoms with Gasteiger partial charge in [-0.05, 0) is 30.3 Å². The van der Waals surface area contributed by atoms with E-state index in [-0.39, 0.29) is 11.1 Å². The highest BCUT2D eigenvalue weighted by Gasteiger charge is 2.17. The zero-order valence-electron chi connectivity index (χ0n) is 19.6. The lowest BCUT2D eigenvalue weighted by molar-refractivity contribution is 0.0696. The van der Waals surface area contributed by atoms with E-state index in [2.05, 4.69) is 40.8 Å². The first kappa shape index (κ1) is 23.8. The van der Waals surface area contributed by atoms with Crippen LogP contribution >= 0.6 is 0 Å². The minimum Gasteiger partial charge on any atom is -0.478 e. The summed E-state index contributed by atoms with van der Waals surface area (Å²) >= 11 is 0. The highest BCUT2D eigenvalue weighted by Crippen LogP contribution is 2.31. The number of amides is 1. The minimum absolute atomic E-state index is 0.0793. The molecular formula is C25H23N9O3. The van der Waals surface area contributed by atoms with Gasteiger partial charge in [-0.2, -0.15) is 0 Å². The molecule has 0 aromatic carbocycles. The van der Waals surface area contributed by atoms with Gasteiger partial charge >= 0.3 is 5.97 Å². The molecule has 0 spiro atoms. The predicted octanol–water partition coefficient (Wildman–Crippen LogP) is 2.43. The third-order valence-electron chi connectivity index (χ3n) is 5.67. The summed E-state index contributed by atoms with van der Waals surface area (Å²) in [4.78, 5) is 48.0. The molecule has 1 saturated heterocycles. The van der Waals surface area contributed by atoms with Crippen LogP contribution < -0.4 is 20.9 Å². The molecule has 12 heteroatoms. The zero-order valence-corrected chi connectivity index (χ0v) is 19.6. The van der Waals surface area contributed by atoms with Gasteiger partial charge in [0.2, 0.25) is 0 Å². The maximum absolute atomic E-state index is 13.0. The topological polar surface area (TPSA) is 158 Å². The van der Waals surface area contributed by atoms with E-state index in [1.54, 1.807) is 36.9 Å². The van der Waals surface area contributed by atoms with Crippen LogP contribution in [-0.2, 0) is 0 Å². The number of nitrogens with one attached hydrogen (secondary N) is 3. The number of hydrogen-bond donors (Lipinski definition) is 4. The minimum atomic E-state index is -1.17. The predicted molar refractivity (Wildman–Crippen MR) is 137 cm³/mol. The van der Waals surface area contributed by atoms with Crippen LogP contribution in [0.25, 0.3) is 11.3 Å². The summed E-state index contributed by atoms with van der Waals surface area (Å²) < 4.78 is 0. The third-order valence-corrected chi connectivity index (χ3v) is 5.67. The first-order chi connectivity index (χ1) is 18.1. The van der Waals surface area contributed by atoms with Crippen molar-refractivity contribution in [1.29, 1.82) is 0 Å².